The molecule has 0 amide bonds. The molecule has 0 atom stereocenters. The molecular formula is C12H13BrO2. The van der Waals surface area contributed by atoms with Gasteiger partial charge >= 0.3 is 0 Å². The number of hydrogen-bond donors (Lipinski definition) is 0. The number of benzene rings is 1. The molecule has 15 heavy (non-hydrogen) atoms. The number of hydrogen-bond acceptors (Lipinski definition) is 2. The van der Waals surface area contributed by atoms with Gasteiger partial charge in [0.25, 0.3) is 0 Å². The summed E-state index contributed by atoms with van der Waals surface area (Å²) in [7, 11) is 0. The number of halogens is 1. The predicted octanol–water partition coefficient (Wildman–Crippen LogP) is 2.86. The molecule has 0 fully saturated rings. The topological polar surface area (TPSA) is 34.1 Å². The van der Waals surface area contributed by atoms with Gasteiger partial charge in [0.05, 0.1) is 10.7 Å². The van der Waals surface area contributed by atoms with Crippen molar-refractivity contribution in [1.29, 1.82) is 0 Å². The van der Waals surface area contributed by atoms with E-state index in [-0.39, 0.29) is 16.9 Å². The fraction of sp³-hybridized carbons (Fsp3) is 0.333. The average molecular weight is 269 g/mol. The molecule has 80 valence electrons. The second kappa shape index (κ2) is 4.71. The van der Waals surface area contributed by atoms with Gasteiger partial charge in [-0.25, -0.2) is 0 Å². The van der Waals surface area contributed by atoms with Crippen LogP contribution in [0.5, 0.6) is 0 Å². The maximum atomic E-state index is 12.0. The van der Waals surface area contributed by atoms with Gasteiger partial charge in [-0.2, -0.15) is 0 Å². The number of ketones is 2. The highest BCUT2D eigenvalue weighted by atomic mass is 79.9. The quantitative estimate of drug-likeness (QED) is 0.478. The highest BCUT2D eigenvalue weighted by Gasteiger charge is 2.35. The molecule has 0 saturated carbocycles. The normalized spacial score (nSPS) is 11.1. The largest absolute Gasteiger partial charge is 0.298 e. The van der Waals surface area contributed by atoms with E-state index >= 15 is 0 Å². The average Bonchev–Trinajstić information content (AvgIpc) is 2.28. The molecule has 0 N–H and O–H groups in total. The summed E-state index contributed by atoms with van der Waals surface area (Å²) in [6.45, 7) is 3.32. The fourth-order valence-corrected chi connectivity index (χ4v) is 1.94. The smallest absolute Gasteiger partial charge is 0.175 e. The van der Waals surface area contributed by atoms with Gasteiger partial charge in [0.1, 0.15) is 0 Å². The van der Waals surface area contributed by atoms with E-state index in [2.05, 4.69) is 15.9 Å². The van der Waals surface area contributed by atoms with Crippen molar-refractivity contribution in [2.24, 2.45) is 5.41 Å². The number of carbonyl (C=O) groups excluding carboxylic acids is 2. The molecule has 1 aromatic carbocycles. The minimum absolute atomic E-state index is 0.101. The van der Waals surface area contributed by atoms with E-state index < -0.39 is 5.41 Å². The van der Waals surface area contributed by atoms with Crippen LogP contribution in [0, 0.1) is 5.41 Å². The standard InChI is InChI=1S/C12H13BrO2/c1-12(2,10(14)8-13)11(15)9-6-4-3-5-7-9/h3-7H,8H2,1-2H3. The minimum atomic E-state index is -0.954. The molecule has 0 aliphatic rings. The summed E-state index contributed by atoms with van der Waals surface area (Å²) >= 11 is 3.09. The van der Waals surface area contributed by atoms with Gasteiger partial charge in [0.15, 0.2) is 11.6 Å². The van der Waals surface area contributed by atoms with Crippen LogP contribution in [0.15, 0.2) is 30.3 Å². The Labute approximate surface area is 97.8 Å². The first-order chi connectivity index (χ1) is 7.00. The molecule has 1 rings (SSSR count). The Morgan fingerprint density at radius 2 is 1.73 bits per heavy atom. The fourth-order valence-electron chi connectivity index (χ4n) is 1.24. The zero-order chi connectivity index (χ0) is 11.5. The van der Waals surface area contributed by atoms with E-state index in [9.17, 15) is 9.59 Å². The third kappa shape index (κ3) is 2.53. The highest BCUT2D eigenvalue weighted by molar-refractivity contribution is 9.09. The lowest BCUT2D eigenvalue weighted by Crippen LogP contribution is -2.34. The summed E-state index contributed by atoms with van der Waals surface area (Å²) in [6, 6.07) is 8.89. The molecule has 1 aromatic rings. The van der Waals surface area contributed by atoms with E-state index in [1.807, 2.05) is 6.07 Å². The van der Waals surface area contributed by atoms with Crippen molar-refractivity contribution < 1.29 is 9.59 Å². The van der Waals surface area contributed by atoms with Crippen LogP contribution >= 0.6 is 15.9 Å². The number of rotatable bonds is 4. The lowest BCUT2D eigenvalue weighted by Gasteiger charge is -2.20. The van der Waals surface area contributed by atoms with Gasteiger partial charge < -0.3 is 0 Å². The predicted molar refractivity (Wildman–Crippen MR) is 63.4 cm³/mol. The summed E-state index contributed by atoms with van der Waals surface area (Å²) < 4.78 is 0. The van der Waals surface area contributed by atoms with Crippen LogP contribution in [0.4, 0.5) is 0 Å². The molecule has 2 nitrogen and oxygen atoms in total. The monoisotopic (exact) mass is 268 g/mol. The summed E-state index contributed by atoms with van der Waals surface area (Å²) in [6.07, 6.45) is 0. The molecular weight excluding hydrogens is 256 g/mol. The maximum Gasteiger partial charge on any atom is 0.175 e. The SMILES string of the molecule is CC(C)(C(=O)CBr)C(=O)c1ccccc1. The van der Waals surface area contributed by atoms with Crippen LogP contribution in [0.25, 0.3) is 0 Å². The van der Waals surface area contributed by atoms with Crippen LogP contribution in [0.3, 0.4) is 0 Å². The van der Waals surface area contributed by atoms with E-state index in [1.165, 1.54) is 0 Å². The summed E-state index contributed by atoms with van der Waals surface area (Å²) in [5.41, 5.74) is -0.373. The van der Waals surface area contributed by atoms with Crippen molar-refractivity contribution in [3.8, 4) is 0 Å². The van der Waals surface area contributed by atoms with Crippen LogP contribution in [0.2, 0.25) is 0 Å². The molecule has 0 radical (unpaired) electrons. The second-order valence-corrected chi connectivity index (χ2v) is 4.44. The third-order valence-electron chi connectivity index (χ3n) is 2.42. The zero-order valence-corrected chi connectivity index (χ0v) is 10.4. The molecule has 0 unspecified atom stereocenters. The maximum absolute atomic E-state index is 12.0. The molecule has 0 aliphatic carbocycles. The molecule has 0 saturated heterocycles. The van der Waals surface area contributed by atoms with Crippen molar-refractivity contribution in [2.75, 3.05) is 5.33 Å². The lowest BCUT2D eigenvalue weighted by molar-refractivity contribution is -0.122. The first-order valence-corrected chi connectivity index (χ1v) is 5.81. The van der Waals surface area contributed by atoms with Crippen molar-refractivity contribution in [2.45, 2.75) is 13.8 Å². The first-order valence-electron chi connectivity index (χ1n) is 4.69. The Hall–Kier alpha value is -0.960. The van der Waals surface area contributed by atoms with E-state index in [1.54, 1.807) is 38.1 Å². The van der Waals surface area contributed by atoms with Gasteiger partial charge in [-0.05, 0) is 13.8 Å². The molecule has 0 aliphatic heterocycles. The summed E-state index contributed by atoms with van der Waals surface area (Å²) in [5.74, 6) is -0.232. The molecule has 3 heteroatoms. The molecule has 0 heterocycles. The Kier molecular flexibility index (Phi) is 3.80. The van der Waals surface area contributed by atoms with Gasteiger partial charge in [-0.1, -0.05) is 46.3 Å². The van der Waals surface area contributed by atoms with Crippen molar-refractivity contribution in [3.63, 3.8) is 0 Å². The van der Waals surface area contributed by atoms with Crippen LogP contribution in [-0.2, 0) is 4.79 Å². The van der Waals surface area contributed by atoms with Gasteiger partial charge in [-0.15, -0.1) is 0 Å². The molecule has 0 aromatic heterocycles. The van der Waals surface area contributed by atoms with Crippen molar-refractivity contribution in [1.82, 2.24) is 0 Å². The van der Waals surface area contributed by atoms with Crippen molar-refractivity contribution in [3.05, 3.63) is 35.9 Å². The molecule has 0 bridgehead atoms. The first kappa shape index (κ1) is 12.1. The zero-order valence-electron chi connectivity index (χ0n) is 8.79. The molecule has 0 spiro atoms. The van der Waals surface area contributed by atoms with Gasteiger partial charge in [0, 0.05) is 5.56 Å². The van der Waals surface area contributed by atoms with Crippen LogP contribution < -0.4 is 0 Å². The second-order valence-electron chi connectivity index (χ2n) is 3.88. The summed E-state index contributed by atoms with van der Waals surface area (Å²) in [4.78, 5) is 23.6. The Bertz CT molecular complexity index is 368. The van der Waals surface area contributed by atoms with Gasteiger partial charge in [0.2, 0.25) is 0 Å². The third-order valence-corrected chi connectivity index (χ3v) is 2.93. The number of carbonyl (C=O) groups is 2. The van der Waals surface area contributed by atoms with Gasteiger partial charge in [-0.3, -0.25) is 9.59 Å². The number of Topliss-reactive ketones (excluding diaryl/α,β-unsaturated/α-hetero) is 2. The Morgan fingerprint density at radius 3 is 2.20 bits per heavy atom. The minimum Gasteiger partial charge on any atom is -0.298 e. The lowest BCUT2D eigenvalue weighted by atomic mass is 9.81. The van der Waals surface area contributed by atoms with E-state index in [0.717, 1.165) is 0 Å². The Balaban J connectivity index is 3.00. The Morgan fingerprint density at radius 1 is 1.20 bits per heavy atom. The van der Waals surface area contributed by atoms with Crippen molar-refractivity contribution >= 4 is 27.5 Å². The highest BCUT2D eigenvalue weighted by Crippen LogP contribution is 2.23. The van der Waals surface area contributed by atoms with E-state index in [0.29, 0.717) is 5.56 Å². The van der Waals surface area contributed by atoms with Crippen LogP contribution in [0.1, 0.15) is 24.2 Å². The van der Waals surface area contributed by atoms with E-state index in [4.69, 9.17) is 0 Å². The number of alkyl halides is 1. The summed E-state index contributed by atoms with van der Waals surface area (Å²) in [5, 5.41) is 0.207. The van der Waals surface area contributed by atoms with Crippen LogP contribution in [-0.4, -0.2) is 16.9 Å².